The minimum atomic E-state index is -0.251. The first-order valence-electron chi connectivity index (χ1n) is 8.76. The molecule has 4 nitrogen and oxygen atoms in total. The van der Waals surface area contributed by atoms with Crippen LogP contribution in [-0.4, -0.2) is 18.0 Å². The second-order valence-corrected chi connectivity index (χ2v) is 7.63. The van der Waals surface area contributed by atoms with Crippen molar-refractivity contribution >= 4 is 11.9 Å². The second-order valence-electron chi connectivity index (χ2n) is 7.63. The quantitative estimate of drug-likeness (QED) is 0.565. The summed E-state index contributed by atoms with van der Waals surface area (Å²) in [4.78, 5) is 24.1. The summed E-state index contributed by atoms with van der Waals surface area (Å²) in [6.45, 7) is 9.96. The smallest absolute Gasteiger partial charge is 0.339 e. The zero-order chi connectivity index (χ0) is 17.6. The highest BCUT2D eigenvalue weighted by atomic mass is 16.5. The van der Waals surface area contributed by atoms with Gasteiger partial charge in [0.25, 0.3) is 0 Å². The molecule has 3 rings (SSSR count). The predicted octanol–water partition coefficient (Wildman–Crippen LogP) is 4.08. The third-order valence-electron chi connectivity index (χ3n) is 6.33. The molecule has 4 unspecified atom stereocenters. The van der Waals surface area contributed by atoms with Crippen LogP contribution in [-0.2, 0) is 19.1 Å². The van der Waals surface area contributed by atoms with Gasteiger partial charge in [0, 0.05) is 22.6 Å². The van der Waals surface area contributed by atoms with Crippen molar-refractivity contribution in [2.45, 2.75) is 60.0 Å². The number of ether oxygens (including phenoxy) is 2. The second kappa shape index (κ2) is 5.91. The lowest BCUT2D eigenvalue weighted by atomic mass is 9.56. The van der Waals surface area contributed by atoms with Crippen LogP contribution in [0.3, 0.4) is 0 Å². The summed E-state index contributed by atoms with van der Waals surface area (Å²) in [5, 5.41) is 0. The minimum Gasteiger partial charge on any atom is -0.458 e. The summed E-state index contributed by atoms with van der Waals surface area (Å²) >= 11 is 0. The van der Waals surface area contributed by atoms with Gasteiger partial charge >= 0.3 is 11.9 Å². The van der Waals surface area contributed by atoms with Gasteiger partial charge in [0.05, 0.1) is 0 Å². The highest BCUT2D eigenvalue weighted by Gasteiger charge is 2.52. The van der Waals surface area contributed by atoms with Crippen LogP contribution in [0.4, 0.5) is 0 Å². The number of hydrogen-bond donors (Lipinski definition) is 0. The fourth-order valence-electron chi connectivity index (χ4n) is 4.19. The zero-order valence-electron chi connectivity index (χ0n) is 15.1. The Morgan fingerprint density at radius 3 is 2.79 bits per heavy atom. The predicted molar refractivity (Wildman–Crippen MR) is 90.8 cm³/mol. The molecule has 0 N–H and O–H groups in total. The Balaban J connectivity index is 1.95. The third kappa shape index (κ3) is 2.52. The first kappa shape index (κ1) is 17.0. The molecule has 0 saturated heterocycles. The van der Waals surface area contributed by atoms with Gasteiger partial charge in [0.15, 0.2) is 0 Å². The van der Waals surface area contributed by atoms with E-state index in [1.807, 2.05) is 19.9 Å². The standard InChI is InChI=1S/C20H26O4/c1-6-11(2)18(21)23-16-8-7-12(3)20(5)10-14-13(4)19(22)24-17(14)9-15(16)20/h6,9,12,15-16H,7-8,10H2,1-5H3. The Kier molecular flexibility index (Phi) is 4.18. The van der Waals surface area contributed by atoms with Gasteiger partial charge in [-0.3, -0.25) is 0 Å². The van der Waals surface area contributed by atoms with E-state index < -0.39 is 0 Å². The molecule has 1 fully saturated rings. The van der Waals surface area contributed by atoms with Gasteiger partial charge in [-0.15, -0.1) is 0 Å². The van der Waals surface area contributed by atoms with E-state index in [4.69, 9.17) is 9.47 Å². The molecule has 4 atom stereocenters. The van der Waals surface area contributed by atoms with E-state index in [-0.39, 0.29) is 29.4 Å². The first-order valence-corrected chi connectivity index (χ1v) is 8.76. The van der Waals surface area contributed by atoms with Crippen molar-refractivity contribution in [1.29, 1.82) is 0 Å². The SMILES string of the molecule is CC=C(C)C(=O)OC1CCC(C)C2(C)CC3=C(C)C(=O)OC3=CC12. The number of rotatable bonds is 2. The van der Waals surface area contributed by atoms with Crippen LogP contribution in [0.25, 0.3) is 0 Å². The maximum Gasteiger partial charge on any atom is 0.339 e. The van der Waals surface area contributed by atoms with E-state index >= 15 is 0 Å². The Morgan fingerprint density at radius 1 is 1.42 bits per heavy atom. The fraction of sp³-hybridized carbons (Fsp3) is 0.600. The van der Waals surface area contributed by atoms with Crippen molar-refractivity contribution in [2.24, 2.45) is 17.3 Å². The Bertz CT molecular complexity index is 682. The van der Waals surface area contributed by atoms with Crippen LogP contribution < -0.4 is 0 Å². The number of carbonyl (C=O) groups excluding carboxylic acids is 2. The fourth-order valence-corrected chi connectivity index (χ4v) is 4.19. The van der Waals surface area contributed by atoms with Gasteiger partial charge in [-0.25, -0.2) is 9.59 Å². The van der Waals surface area contributed by atoms with E-state index in [1.54, 1.807) is 13.0 Å². The van der Waals surface area contributed by atoms with Crippen molar-refractivity contribution in [3.05, 3.63) is 34.6 Å². The molecule has 0 amide bonds. The molecular formula is C20H26O4. The molecule has 1 saturated carbocycles. The van der Waals surface area contributed by atoms with Gasteiger partial charge in [-0.2, -0.15) is 0 Å². The molecule has 0 spiro atoms. The van der Waals surface area contributed by atoms with Gasteiger partial charge in [0.2, 0.25) is 0 Å². The molecule has 130 valence electrons. The highest BCUT2D eigenvalue weighted by Crippen LogP contribution is 2.56. The molecule has 0 aromatic heterocycles. The lowest BCUT2D eigenvalue weighted by Gasteiger charge is -2.50. The highest BCUT2D eigenvalue weighted by molar-refractivity contribution is 5.94. The normalized spacial score (nSPS) is 35.9. The molecule has 4 heteroatoms. The molecule has 2 aliphatic carbocycles. The largest absolute Gasteiger partial charge is 0.458 e. The lowest BCUT2D eigenvalue weighted by Crippen LogP contribution is -2.48. The van der Waals surface area contributed by atoms with Crippen molar-refractivity contribution in [1.82, 2.24) is 0 Å². The van der Waals surface area contributed by atoms with E-state index in [1.165, 1.54) is 0 Å². The average Bonchev–Trinajstić information content (AvgIpc) is 2.82. The van der Waals surface area contributed by atoms with E-state index in [9.17, 15) is 9.59 Å². The van der Waals surface area contributed by atoms with E-state index in [0.717, 1.165) is 30.4 Å². The maximum absolute atomic E-state index is 12.2. The average molecular weight is 330 g/mol. The molecule has 1 heterocycles. The summed E-state index contributed by atoms with van der Waals surface area (Å²) in [5.74, 6) is 0.752. The van der Waals surface area contributed by atoms with E-state index in [0.29, 0.717) is 17.3 Å². The van der Waals surface area contributed by atoms with Crippen LogP contribution >= 0.6 is 0 Å². The van der Waals surface area contributed by atoms with Gasteiger partial charge in [0.1, 0.15) is 11.9 Å². The monoisotopic (exact) mass is 330 g/mol. The molecule has 0 radical (unpaired) electrons. The lowest BCUT2D eigenvalue weighted by molar-refractivity contribution is -0.154. The first-order chi connectivity index (χ1) is 11.3. The van der Waals surface area contributed by atoms with Crippen LogP contribution in [0.1, 0.15) is 53.9 Å². The third-order valence-corrected chi connectivity index (χ3v) is 6.33. The minimum absolute atomic E-state index is 0.0267. The summed E-state index contributed by atoms with van der Waals surface area (Å²) in [6.07, 6.45) is 6.31. The molecule has 3 aliphatic rings. The maximum atomic E-state index is 12.2. The van der Waals surface area contributed by atoms with Crippen molar-refractivity contribution < 1.29 is 19.1 Å². The van der Waals surface area contributed by atoms with Crippen molar-refractivity contribution in [3.8, 4) is 0 Å². The van der Waals surface area contributed by atoms with Crippen LogP contribution in [0.15, 0.2) is 34.6 Å². The summed E-state index contributed by atoms with van der Waals surface area (Å²) < 4.78 is 11.2. The Hall–Kier alpha value is -1.84. The number of carbonyl (C=O) groups is 2. The molecule has 24 heavy (non-hydrogen) atoms. The summed E-state index contributed by atoms with van der Waals surface area (Å²) in [5.41, 5.74) is 2.35. The molecule has 0 aromatic carbocycles. The summed E-state index contributed by atoms with van der Waals surface area (Å²) in [6, 6.07) is 0. The Labute approximate surface area is 143 Å². The molecule has 0 aromatic rings. The number of fused-ring (bicyclic) bond motifs is 2. The van der Waals surface area contributed by atoms with Crippen LogP contribution in [0.5, 0.6) is 0 Å². The van der Waals surface area contributed by atoms with E-state index in [2.05, 4.69) is 13.8 Å². The van der Waals surface area contributed by atoms with Crippen LogP contribution in [0, 0.1) is 17.3 Å². The van der Waals surface area contributed by atoms with Crippen molar-refractivity contribution in [3.63, 3.8) is 0 Å². The number of hydrogen-bond acceptors (Lipinski definition) is 4. The Morgan fingerprint density at radius 2 is 2.12 bits per heavy atom. The molecular weight excluding hydrogens is 304 g/mol. The molecule has 1 aliphatic heterocycles. The number of allylic oxidation sites excluding steroid dienone is 2. The van der Waals surface area contributed by atoms with Crippen molar-refractivity contribution in [2.75, 3.05) is 0 Å². The van der Waals surface area contributed by atoms with Gasteiger partial charge in [-0.05, 0) is 57.4 Å². The molecule has 0 bridgehead atoms. The zero-order valence-corrected chi connectivity index (χ0v) is 15.1. The van der Waals surface area contributed by atoms with Gasteiger partial charge < -0.3 is 9.47 Å². The topological polar surface area (TPSA) is 52.6 Å². The summed E-state index contributed by atoms with van der Waals surface area (Å²) in [7, 11) is 0. The van der Waals surface area contributed by atoms with Gasteiger partial charge in [-0.1, -0.05) is 19.9 Å². The number of esters is 2. The van der Waals surface area contributed by atoms with Crippen LogP contribution in [0.2, 0.25) is 0 Å².